The molecule has 1 aromatic rings. The highest BCUT2D eigenvalue weighted by atomic mass is 19.4. The Morgan fingerprint density at radius 3 is 2.21 bits per heavy atom. The number of nitrogens with one attached hydrogen (secondary N) is 4. The van der Waals surface area contributed by atoms with Crippen LogP contribution in [0.2, 0.25) is 0 Å². The molecule has 0 aromatic heterocycles. The van der Waals surface area contributed by atoms with Crippen molar-refractivity contribution in [1.29, 1.82) is 0 Å². The Morgan fingerprint density at radius 1 is 1.03 bits per heavy atom. The number of halogens is 3. The third-order valence-electron chi connectivity index (χ3n) is 4.47. The summed E-state index contributed by atoms with van der Waals surface area (Å²) in [5.41, 5.74) is 5.58. The molecule has 7 N–H and O–H groups in total. The van der Waals surface area contributed by atoms with E-state index < -0.39 is 73.9 Å². The Morgan fingerprint density at radius 2 is 1.65 bits per heavy atom. The van der Waals surface area contributed by atoms with Crippen LogP contribution >= 0.6 is 0 Å². The lowest BCUT2D eigenvalue weighted by Crippen LogP contribution is -2.54. The summed E-state index contributed by atoms with van der Waals surface area (Å²) in [5, 5.41) is 18.1. The molecule has 0 spiro atoms. The first-order valence-electron chi connectivity index (χ1n) is 10.0. The van der Waals surface area contributed by atoms with Gasteiger partial charge in [0, 0.05) is 12.8 Å². The average molecular weight is 489 g/mol. The molecular formula is C20H26F3N5O6. The largest absolute Gasteiger partial charge is 0.416 e. The first-order chi connectivity index (χ1) is 15.9. The van der Waals surface area contributed by atoms with Gasteiger partial charge in [-0.15, -0.1) is 0 Å². The monoisotopic (exact) mass is 489 g/mol. The Hall–Kier alpha value is -3.68. The summed E-state index contributed by atoms with van der Waals surface area (Å²) in [6.07, 6.45) is -8.81. The van der Waals surface area contributed by atoms with Crippen molar-refractivity contribution in [2.75, 3.05) is 13.1 Å². The number of rotatable bonds is 14. The lowest BCUT2D eigenvalue weighted by molar-refractivity contribution is -0.212. The van der Waals surface area contributed by atoms with Crippen molar-refractivity contribution in [2.45, 2.75) is 43.6 Å². The summed E-state index contributed by atoms with van der Waals surface area (Å²) >= 11 is 0. The number of carbonyl (C=O) groups is 5. The summed E-state index contributed by atoms with van der Waals surface area (Å²) in [4.78, 5) is 57.9. The van der Waals surface area contributed by atoms with Crippen molar-refractivity contribution < 1.29 is 42.3 Å². The molecule has 1 aromatic carbocycles. The number of hydrogen-bond donors (Lipinski definition) is 6. The van der Waals surface area contributed by atoms with Crippen LogP contribution in [0, 0.1) is 0 Å². The van der Waals surface area contributed by atoms with Crippen LogP contribution in [0.15, 0.2) is 30.3 Å². The maximum Gasteiger partial charge on any atom is 0.416 e. The van der Waals surface area contributed by atoms with Crippen LogP contribution in [0.4, 0.5) is 13.2 Å². The van der Waals surface area contributed by atoms with E-state index in [-0.39, 0.29) is 6.42 Å². The summed E-state index contributed by atoms with van der Waals surface area (Å²) in [5.74, 6) is -3.50. The SMILES string of the molecule is NC(=O)CCC(NC(=O)CNC(=O)[C@H](Cc1ccccc1)NC(=O)CNC=O)C(O)C(F)(F)F. The van der Waals surface area contributed by atoms with Gasteiger partial charge in [0.1, 0.15) is 6.04 Å². The smallest absolute Gasteiger partial charge is 0.382 e. The van der Waals surface area contributed by atoms with E-state index in [1.54, 1.807) is 30.3 Å². The van der Waals surface area contributed by atoms with Crippen LogP contribution in [0.3, 0.4) is 0 Å². The van der Waals surface area contributed by atoms with Gasteiger partial charge >= 0.3 is 6.18 Å². The van der Waals surface area contributed by atoms with Gasteiger partial charge in [-0.2, -0.15) is 13.2 Å². The minimum Gasteiger partial charge on any atom is -0.382 e. The maximum atomic E-state index is 12.9. The van der Waals surface area contributed by atoms with Gasteiger partial charge in [-0.25, -0.2) is 0 Å². The van der Waals surface area contributed by atoms with E-state index in [2.05, 4.69) is 16.0 Å². The van der Waals surface area contributed by atoms with Crippen molar-refractivity contribution >= 4 is 30.0 Å². The van der Waals surface area contributed by atoms with Gasteiger partial charge in [0.25, 0.3) is 0 Å². The number of alkyl halides is 3. The fourth-order valence-electron chi connectivity index (χ4n) is 2.82. The van der Waals surface area contributed by atoms with Gasteiger partial charge < -0.3 is 32.1 Å². The normalized spacial score (nSPS) is 13.6. The van der Waals surface area contributed by atoms with Crippen molar-refractivity contribution in [3.63, 3.8) is 0 Å². The molecule has 0 saturated carbocycles. The lowest BCUT2D eigenvalue weighted by Gasteiger charge is -2.26. The Kier molecular flexibility index (Phi) is 11.5. The summed E-state index contributed by atoms with van der Waals surface area (Å²) in [7, 11) is 0. The summed E-state index contributed by atoms with van der Waals surface area (Å²) < 4.78 is 38.6. The number of primary amides is 1. The lowest BCUT2D eigenvalue weighted by atomic mass is 10.0. The van der Waals surface area contributed by atoms with Crippen LogP contribution in [-0.2, 0) is 30.4 Å². The van der Waals surface area contributed by atoms with E-state index in [4.69, 9.17) is 5.73 Å². The highest BCUT2D eigenvalue weighted by molar-refractivity contribution is 5.91. The van der Waals surface area contributed by atoms with Crippen molar-refractivity contribution in [3.8, 4) is 0 Å². The van der Waals surface area contributed by atoms with Crippen LogP contribution in [0.25, 0.3) is 0 Å². The van der Waals surface area contributed by atoms with Crippen LogP contribution in [-0.4, -0.2) is 72.6 Å². The number of nitrogens with two attached hydrogens (primary N) is 1. The molecule has 0 radical (unpaired) electrons. The second-order valence-corrected chi connectivity index (χ2v) is 7.19. The average Bonchev–Trinajstić information content (AvgIpc) is 2.77. The predicted octanol–water partition coefficient (Wildman–Crippen LogP) is -1.75. The molecule has 0 saturated heterocycles. The van der Waals surface area contributed by atoms with Crippen LogP contribution in [0.5, 0.6) is 0 Å². The number of amides is 5. The fourth-order valence-corrected chi connectivity index (χ4v) is 2.82. The third-order valence-corrected chi connectivity index (χ3v) is 4.47. The highest BCUT2D eigenvalue weighted by Crippen LogP contribution is 2.24. The van der Waals surface area contributed by atoms with Gasteiger partial charge in [0.15, 0.2) is 6.10 Å². The van der Waals surface area contributed by atoms with Gasteiger partial charge in [0.05, 0.1) is 19.1 Å². The first-order valence-corrected chi connectivity index (χ1v) is 10.0. The standard InChI is InChI=1S/C20H26F3N5O6/c21-20(22,23)18(33)13(6-7-15(24)30)27-17(32)10-26-19(34)14(28-16(31)9-25-11-29)8-12-4-2-1-3-5-12/h1-5,11,13-14,18,33H,6-10H2,(H2,24,30)(H,25,29)(H,26,34)(H,27,32)(H,28,31)/t13?,14-,18?/m0/s1. The molecule has 0 bridgehead atoms. The van der Waals surface area contributed by atoms with E-state index in [1.165, 1.54) is 0 Å². The molecule has 3 atom stereocenters. The number of hydrogen-bond acceptors (Lipinski definition) is 6. The molecule has 34 heavy (non-hydrogen) atoms. The van der Waals surface area contributed by atoms with Gasteiger partial charge in [0.2, 0.25) is 30.0 Å². The van der Waals surface area contributed by atoms with Crippen LogP contribution < -0.4 is 27.0 Å². The maximum absolute atomic E-state index is 12.9. The topological polar surface area (TPSA) is 180 Å². The van der Waals surface area contributed by atoms with E-state index in [9.17, 15) is 42.3 Å². The predicted molar refractivity (Wildman–Crippen MR) is 112 cm³/mol. The number of aliphatic hydroxyl groups is 1. The molecule has 2 unspecified atom stereocenters. The van der Waals surface area contributed by atoms with Crippen molar-refractivity contribution in [2.24, 2.45) is 5.73 Å². The molecule has 0 aliphatic rings. The molecule has 0 aliphatic heterocycles. The fraction of sp³-hybridized carbons (Fsp3) is 0.450. The molecule has 14 heteroatoms. The van der Waals surface area contributed by atoms with E-state index in [0.717, 1.165) is 0 Å². The zero-order valence-electron chi connectivity index (χ0n) is 17.9. The van der Waals surface area contributed by atoms with Gasteiger partial charge in [-0.1, -0.05) is 30.3 Å². The van der Waals surface area contributed by atoms with E-state index in [0.29, 0.717) is 12.0 Å². The Balaban J connectivity index is 2.79. The molecule has 5 amide bonds. The third kappa shape index (κ3) is 10.8. The second kappa shape index (κ2) is 13.8. The molecule has 0 fully saturated rings. The highest BCUT2D eigenvalue weighted by Gasteiger charge is 2.44. The van der Waals surface area contributed by atoms with Gasteiger partial charge in [-0.05, 0) is 12.0 Å². The summed E-state index contributed by atoms with van der Waals surface area (Å²) in [6, 6.07) is 5.47. The Bertz CT molecular complexity index is 853. The molecule has 1 rings (SSSR count). The van der Waals surface area contributed by atoms with Gasteiger partial charge in [-0.3, -0.25) is 24.0 Å². The molecule has 0 heterocycles. The van der Waals surface area contributed by atoms with Crippen molar-refractivity contribution in [1.82, 2.24) is 21.3 Å². The molecule has 0 aliphatic carbocycles. The summed E-state index contributed by atoms with van der Waals surface area (Å²) in [6.45, 7) is -1.18. The zero-order chi connectivity index (χ0) is 25.7. The van der Waals surface area contributed by atoms with E-state index in [1.807, 2.05) is 5.32 Å². The number of aliphatic hydroxyl groups excluding tert-OH is 1. The minimum atomic E-state index is -5.07. The quantitative estimate of drug-likeness (QED) is 0.169. The number of carbonyl (C=O) groups excluding carboxylic acids is 5. The van der Waals surface area contributed by atoms with E-state index >= 15 is 0 Å². The molecule has 188 valence electrons. The molecule has 11 nitrogen and oxygen atoms in total. The minimum absolute atomic E-state index is 0.0230. The molecular weight excluding hydrogens is 463 g/mol. The van der Waals surface area contributed by atoms with Crippen LogP contribution in [0.1, 0.15) is 18.4 Å². The first kappa shape index (κ1) is 28.4. The van der Waals surface area contributed by atoms with Crippen molar-refractivity contribution in [3.05, 3.63) is 35.9 Å². The second-order valence-electron chi connectivity index (χ2n) is 7.19. The number of benzene rings is 1. The zero-order valence-corrected chi connectivity index (χ0v) is 17.9. The Labute approximate surface area is 192 Å².